The first-order chi connectivity index (χ1) is 15.0. The summed E-state index contributed by atoms with van der Waals surface area (Å²) in [7, 11) is 0. The van der Waals surface area contributed by atoms with Crippen molar-refractivity contribution in [2.45, 2.75) is 38.6 Å². The number of carbonyl (C=O) groups excluding carboxylic acids is 2. The van der Waals surface area contributed by atoms with E-state index in [-0.39, 0.29) is 18.4 Å². The van der Waals surface area contributed by atoms with Crippen LogP contribution in [0.4, 0.5) is 16.2 Å². The van der Waals surface area contributed by atoms with E-state index in [1.54, 1.807) is 24.6 Å². The topological polar surface area (TPSA) is 87.5 Å². The number of rotatable bonds is 5. The van der Waals surface area contributed by atoms with Crippen molar-refractivity contribution in [3.63, 3.8) is 0 Å². The number of nitrogens with zero attached hydrogens (tertiary/aromatic N) is 2. The molecule has 1 aliphatic rings. The van der Waals surface area contributed by atoms with Gasteiger partial charge in [0, 0.05) is 17.9 Å². The zero-order chi connectivity index (χ0) is 21.8. The summed E-state index contributed by atoms with van der Waals surface area (Å²) in [6.45, 7) is 4.63. The lowest BCUT2D eigenvalue weighted by Crippen LogP contribution is -2.43. The van der Waals surface area contributed by atoms with E-state index in [1.165, 1.54) is 0 Å². The van der Waals surface area contributed by atoms with Gasteiger partial charge in [-0.15, -0.1) is 0 Å². The van der Waals surface area contributed by atoms with Gasteiger partial charge in [-0.25, -0.2) is 9.78 Å². The number of carbonyl (C=O) groups is 2. The first kappa shape index (κ1) is 20.7. The number of hydrogen-bond acceptors (Lipinski definition) is 4. The molecule has 1 atom stereocenters. The molecule has 160 valence electrons. The number of oxazole rings is 1. The minimum Gasteiger partial charge on any atom is -0.446 e. The van der Waals surface area contributed by atoms with E-state index in [1.807, 2.05) is 55.1 Å². The van der Waals surface area contributed by atoms with Gasteiger partial charge < -0.3 is 20.0 Å². The van der Waals surface area contributed by atoms with Crippen molar-refractivity contribution in [1.29, 1.82) is 0 Å². The van der Waals surface area contributed by atoms with E-state index in [4.69, 9.17) is 4.42 Å². The Morgan fingerprint density at radius 1 is 1.13 bits per heavy atom. The van der Waals surface area contributed by atoms with Gasteiger partial charge in [0.1, 0.15) is 11.8 Å². The number of aryl methyl sites for hydroxylation is 1. The molecular formula is C24H26N4O3. The lowest BCUT2D eigenvalue weighted by molar-refractivity contribution is -0.135. The van der Waals surface area contributed by atoms with Crippen molar-refractivity contribution in [2.75, 3.05) is 17.2 Å². The fourth-order valence-electron chi connectivity index (χ4n) is 4.05. The van der Waals surface area contributed by atoms with Crippen LogP contribution in [-0.2, 0) is 16.8 Å². The summed E-state index contributed by atoms with van der Waals surface area (Å²) in [5.74, 6) is 0.619. The smallest absolute Gasteiger partial charge is 0.323 e. The van der Waals surface area contributed by atoms with Crippen molar-refractivity contribution in [3.05, 3.63) is 78.0 Å². The summed E-state index contributed by atoms with van der Waals surface area (Å²) in [5, 5.41) is 5.66. The highest BCUT2D eigenvalue weighted by Gasteiger charge is 2.44. The fourth-order valence-corrected chi connectivity index (χ4v) is 4.05. The predicted molar refractivity (Wildman–Crippen MR) is 119 cm³/mol. The van der Waals surface area contributed by atoms with Gasteiger partial charge in [-0.2, -0.15) is 0 Å². The molecule has 1 saturated heterocycles. The van der Waals surface area contributed by atoms with Crippen LogP contribution in [-0.4, -0.2) is 28.4 Å². The number of anilines is 2. The molecule has 2 N–H and O–H groups in total. The van der Waals surface area contributed by atoms with Crippen molar-refractivity contribution in [1.82, 2.24) is 9.88 Å². The van der Waals surface area contributed by atoms with Crippen LogP contribution in [0.5, 0.6) is 0 Å². The van der Waals surface area contributed by atoms with Crippen molar-refractivity contribution in [3.8, 4) is 0 Å². The number of likely N-dealkylation sites (tertiary alicyclic amines) is 1. The standard InChI is InChI=1S/C24H26N4O3/c1-17-6-3-4-7-20(17)27-23(30)26-19-10-8-18(9-11-19)16-21(29)28-14-5-12-24(28,2)22-25-13-15-31-22/h3-4,6-11,13,15H,5,12,14,16H2,1-2H3,(H2,26,27,30). The molecule has 0 bridgehead atoms. The van der Waals surface area contributed by atoms with Crippen molar-refractivity contribution in [2.24, 2.45) is 0 Å². The molecule has 3 aromatic rings. The Morgan fingerprint density at radius 3 is 2.61 bits per heavy atom. The highest BCUT2D eigenvalue weighted by molar-refractivity contribution is 6.00. The van der Waals surface area contributed by atoms with Crippen LogP contribution in [0.2, 0.25) is 0 Å². The van der Waals surface area contributed by atoms with Crippen LogP contribution in [0.1, 0.15) is 36.8 Å². The molecule has 4 rings (SSSR count). The van der Waals surface area contributed by atoms with Crippen LogP contribution >= 0.6 is 0 Å². The summed E-state index contributed by atoms with van der Waals surface area (Å²) in [4.78, 5) is 31.4. The summed E-state index contributed by atoms with van der Waals surface area (Å²) in [6.07, 6.45) is 5.19. The zero-order valence-electron chi connectivity index (χ0n) is 17.7. The Labute approximate surface area is 181 Å². The number of nitrogens with one attached hydrogen (secondary N) is 2. The molecule has 1 fully saturated rings. The SMILES string of the molecule is Cc1ccccc1NC(=O)Nc1ccc(CC(=O)N2CCCC2(C)c2ncco2)cc1. The summed E-state index contributed by atoms with van der Waals surface area (Å²) in [5.41, 5.74) is 2.80. The first-order valence-corrected chi connectivity index (χ1v) is 10.4. The normalized spacial score (nSPS) is 18.1. The molecule has 3 amide bonds. The van der Waals surface area contributed by atoms with E-state index < -0.39 is 5.54 Å². The minimum absolute atomic E-state index is 0.0382. The number of benzene rings is 2. The third kappa shape index (κ3) is 4.45. The maximum Gasteiger partial charge on any atom is 0.323 e. The number of urea groups is 1. The van der Waals surface area contributed by atoms with E-state index in [0.29, 0.717) is 18.1 Å². The largest absolute Gasteiger partial charge is 0.446 e. The van der Waals surface area contributed by atoms with E-state index >= 15 is 0 Å². The minimum atomic E-state index is -0.504. The first-order valence-electron chi connectivity index (χ1n) is 10.4. The highest BCUT2D eigenvalue weighted by Crippen LogP contribution is 2.38. The number of aromatic nitrogens is 1. The van der Waals surface area contributed by atoms with Gasteiger partial charge in [0.15, 0.2) is 0 Å². The third-order valence-corrected chi connectivity index (χ3v) is 5.80. The summed E-state index contributed by atoms with van der Waals surface area (Å²) >= 11 is 0. The maximum atomic E-state index is 13.0. The lowest BCUT2D eigenvalue weighted by Gasteiger charge is -2.32. The van der Waals surface area contributed by atoms with Gasteiger partial charge in [0.2, 0.25) is 11.8 Å². The summed E-state index contributed by atoms with van der Waals surface area (Å²) < 4.78 is 5.50. The number of para-hydroxylation sites is 1. The Bertz CT molecular complexity index is 1060. The van der Waals surface area contributed by atoms with Crippen LogP contribution < -0.4 is 10.6 Å². The molecular weight excluding hydrogens is 392 g/mol. The third-order valence-electron chi connectivity index (χ3n) is 5.80. The zero-order valence-corrected chi connectivity index (χ0v) is 17.7. The molecule has 2 aromatic carbocycles. The molecule has 0 aliphatic carbocycles. The van der Waals surface area contributed by atoms with Gasteiger partial charge >= 0.3 is 6.03 Å². The predicted octanol–water partition coefficient (Wildman–Crippen LogP) is 4.71. The number of amides is 3. The highest BCUT2D eigenvalue weighted by atomic mass is 16.3. The van der Waals surface area contributed by atoms with Crippen LogP contribution in [0, 0.1) is 6.92 Å². The van der Waals surface area contributed by atoms with Crippen molar-refractivity contribution < 1.29 is 14.0 Å². The van der Waals surface area contributed by atoms with Crippen LogP contribution in [0.15, 0.2) is 65.4 Å². The Balaban J connectivity index is 1.37. The molecule has 1 unspecified atom stereocenters. The molecule has 2 heterocycles. The Hall–Kier alpha value is -3.61. The van der Waals surface area contributed by atoms with Gasteiger partial charge in [-0.3, -0.25) is 4.79 Å². The average Bonchev–Trinajstić information content (AvgIpc) is 3.42. The molecule has 1 aliphatic heterocycles. The second kappa shape index (κ2) is 8.63. The molecule has 0 spiro atoms. The molecule has 31 heavy (non-hydrogen) atoms. The second-order valence-corrected chi connectivity index (χ2v) is 8.03. The van der Waals surface area contributed by atoms with Gasteiger partial charge in [0.05, 0.1) is 12.6 Å². The molecule has 7 nitrogen and oxygen atoms in total. The van der Waals surface area contributed by atoms with Crippen LogP contribution in [0.3, 0.4) is 0 Å². The lowest BCUT2D eigenvalue weighted by atomic mass is 9.98. The van der Waals surface area contributed by atoms with Gasteiger partial charge in [-0.05, 0) is 56.0 Å². The molecule has 0 saturated carbocycles. The van der Waals surface area contributed by atoms with Gasteiger partial charge in [0.25, 0.3) is 0 Å². The monoisotopic (exact) mass is 418 g/mol. The van der Waals surface area contributed by atoms with Gasteiger partial charge in [-0.1, -0.05) is 30.3 Å². The maximum absolute atomic E-state index is 13.0. The van der Waals surface area contributed by atoms with E-state index in [2.05, 4.69) is 15.6 Å². The second-order valence-electron chi connectivity index (χ2n) is 8.03. The molecule has 0 radical (unpaired) electrons. The fraction of sp³-hybridized carbons (Fsp3) is 0.292. The van der Waals surface area contributed by atoms with Crippen LogP contribution in [0.25, 0.3) is 0 Å². The average molecular weight is 418 g/mol. The molecule has 1 aromatic heterocycles. The van der Waals surface area contributed by atoms with Crippen molar-refractivity contribution >= 4 is 23.3 Å². The Morgan fingerprint density at radius 2 is 1.90 bits per heavy atom. The quantitative estimate of drug-likeness (QED) is 0.628. The van der Waals surface area contributed by atoms with E-state index in [0.717, 1.165) is 29.7 Å². The Kier molecular flexibility index (Phi) is 5.75. The summed E-state index contributed by atoms with van der Waals surface area (Å²) in [6, 6.07) is 14.6. The molecule has 7 heteroatoms. The number of hydrogen-bond donors (Lipinski definition) is 2. The van der Waals surface area contributed by atoms with E-state index in [9.17, 15) is 9.59 Å².